The van der Waals surface area contributed by atoms with Crippen molar-refractivity contribution in [3.8, 4) is 11.5 Å². The topological polar surface area (TPSA) is 111 Å². The van der Waals surface area contributed by atoms with E-state index in [0.717, 1.165) is 11.3 Å². The number of nitrogens with one attached hydrogen (secondary N) is 1. The maximum absolute atomic E-state index is 13.8. The quantitative estimate of drug-likeness (QED) is 0.538. The molecule has 2 heterocycles. The first-order chi connectivity index (χ1) is 15.8. The second-order valence-electron chi connectivity index (χ2n) is 7.17. The smallest absolute Gasteiger partial charge is 0.286 e. The zero-order chi connectivity index (χ0) is 23.6. The maximum Gasteiger partial charge on any atom is 0.286 e. The summed E-state index contributed by atoms with van der Waals surface area (Å²) in [5.41, 5.74) is 0.0257. The molecule has 1 saturated heterocycles. The van der Waals surface area contributed by atoms with Crippen molar-refractivity contribution in [1.82, 2.24) is 14.5 Å². The van der Waals surface area contributed by atoms with Gasteiger partial charge in [-0.3, -0.25) is 4.79 Å². The van der Waals surface area contributed by atoms with Gasteiger partial charge in [0.25, 0.3) is 5.91 Å². The molecule has 1 aliphatic rings. The molecular weight excluding hydrogens is 471 g/mol. The van der Waals surface area contributed by atoms with Gasteiger partial charge in [-0.25, -0.2) is 12.8 Å². The molecule has 174 valence electrons. The number of sulfonamides is 1. The molecular formula is C21H21FN4O5S2. The Bertz CT molecular complexity index is 1280. The number of halogens is 1. The Labute approximate surface area is 194 Å². The fourth-order valence-electron chi connectivity index (χ4n) is 3.59. The van der Waals surface area contributed by atoms with E-state index < -0.39 is 27.8 Å². The molecule has 1 N–H and O–H groups in total. The molecule has 33 heavy (non-hydrogen) atoms. The van der Waals surface area contributed by atoms with Gasteiger partial charge in [-0.05, 0) is 37.1 Å². The van der Waals surface area contributed by atoms with Crippen LogP contribution in [0.3, 0.4) is 0 Å². The van der Waals surface area contributed by atoms with E-state index in [1.807, 2.05) is 0 Å². The number of nitrogens with zero attached hydrogens (tertiary/aromatic N) is 3. The average Bonchev–Trinajstić information content (AvgIpc) is 3.50. The molecule has 0 aliphatic carbocycles. The van der Waals surface area contributed by atoms with Crippen molar-refractivity contribution >= 4 is 33.0 Å². The molecule has 3 aromatic rings. The zero-order valence-electron chi connectivity index (χ0n) is 17.8. The summed E-state index contributed by atoms with van der Waals surface area (Å²) in [6.07, 6.45) is 1.17. The van der Waals surface area contributed by atoms with Crippen LogP contribution in [0, 0.1) is 5.82 Å². The number of aromatic nitrogens is 2. The van der Waals surface area contributed by atoms with E-state index in [-0.39, 0.29) is 15.6 Å². The molecule has 1 fully saturated rings. The number of hydrogen-bond acceptors (Lipinski definition) is 8. The highest BCUT2D eigenvalue weighted by molar-refractivity contribution is 7.89. The molecule has 9 nitrogen and oxygen atoms in total. The number of anilines is 1. The molecule has 12 heteroatoms. The van der Waals surface area contributed by atoms with E-state index in [1.54, 1.807) is 6.07 Å². The van der Waals surface area contributed by atoms with Crippen molar-refractivity contribution in [2.24, 2.45) is 0 Å². The predicted molar refractivity (Wildman–Crippen MR) is 120 cm³/mol. The monoisotopic (exact) mass is 492 g/mol. The van der Waals surface area contributed by atoms with E-state index in [1.165, 1.54) is 54.9 Å². The van der Waals surface area contributed by atoms with Crippen LogP contribution in [0.4, 0.5) is 10.1 Å². The van der Waals surface area contributed by atoms with E-state index in [9.17, 15) is 17.6 Å². The fraction of sp³-hybridized carbons (Fsp3) is 0.286. The Balaban J connectivity index is 1.57. The summed E-state index contributed by atoms with van der Waals surface area (Å²) < 4.78 is 52.3. The Kier molecular flexibility index (Phi) is 6.58. The summed E-state index contributed by atoms with van der Waals surface area (Å²) >= 11 is 0.985. The largest absolute Gasteiger partial charge is 0.493 e. The minimum Gasteiger partial charge on any atom is -0.493 e. The molecule has 2 aromatic carbocycles. The van der Waals surface area contributed by atoms with Crippen molar-refractivity contribution in [3.63, 3.8) is 0 Å². The summed E-state index contributed by atoms with van der Waals surface area (Å²) in [5.74, 6) is -0.462. The van der Waals surface area contributed by atoms with Crippen molar-refractivity contribution < 1.29 is 27.1 Å². The number of rotatable bonds is 7. The van der Waals surface area contributed by atoms with Crippen molar-refractivity contribution in [3.05, 3.63) is 58.3 Å². The van der Waals surface area contributed by atoms with E-state index >= 15 is 0 Å². The molecule has 1 atom stereocenters. The van der Waals surface area contributed by atoms with Crippen LogP contribution in [0.25, 0.3) is 0 Å². The van der Waals surface area contributed by atoms with Crippen LogP contribution in [0.5, 0.6) is 11.5 Å². The van der Waals surface area contributed by atoms with Gasteiger partial charge < -0.3 is 14.8 Å². The van der Waals surface area contributed by atoms with Crippen LogP contribution in [-0.4, -0.2) is 49.6 Å². The number of para-hydroxylation sites is 1. The van der Waals surface area contributed by atoms with Crippen LogP contribution in [0.15, 0.2) is 47.4 Å². The van der Waals surface area contributed by atoms with Gasteiger partial charge in [-0.2, -0.15) is 4.31 Å². The Hall–Kier alpha value is -3.09. The summed E-state index contributed by atoms with van der Waals surface area (Å²) in [6.45, 7) is 0.303. The predicted octanol–water partition coefficient (Wildman–Crippen LogP) is 3.47. The minimum atomic E-state index is -3.87. The van der Waals surface area contributed by atoms with Gasteiger partial charge in [-0.15, -0.1) is 10.2 Å². The number of carbonyl (C=O) groups is 1. The number of benzene rings is 2. The van der Waals surface area contributed by atoms with Gasteiger partial charge in [0.1, 0.15) is 10.8 Å². The summed E-state index contributed by atoms with van der Waals surface area (Å²) in [7, 11) is -0.969. The highest BCUT2D eigenvalue weighted by Gasteiger charge is 2.39. The lowest BCUT2D eigenvalue weighted by molar-refractivity contribution is 0.102. The van der Waals surface area contributed by atoms with Crippen LogP contribution in [0.1, 0.15) is 33.7 Å². The lowest BCUT2D eigenvalue weighted by Gasteiger charge is -2.22. The molecule has 0 saturated carbocycles. The van der Waals surface area contributed by atoms with Gasteiger partial charge in [0.05, 0.1) is 30.8 Å². The zero-order valence-corrected chi connectivity index (χ0v) is 19.5. The molecule has 0 unspecified atom stereocenters. The molecule has 0 radical (unpaired) electrons. The normalized spacial score (nSPS) is 16.5. The van der Waals surface area contributed by atoms with Crippen molar-refractivity contribution in [2.45, 2.75) is 23.8 Å². The molecule has 4 rings (SSSR count). The third kappa shape index (κ3) is 4.54. The maximum atomic E-state index is 13.8. The molecule has 0 bridgehead atoms. The first kappa shape index (κ1) is 23.1. The third-order valence-corrected chi connectivity index (χ3v) is 8.13. The van der Waals surface area contributed by atoms with E-state index in [0.29, 0.717) is 35.9 Å². The SMILES string of the molecule is COc1ccc(S(=O)(=O)N2CCC[C@@H]2c2nnc(C(=O)Nc3ccccc3F)s2)cc1OC. The van der Waals surface area contributed by atoms with Gasteiger partial charge in [0.2, 0.25) is 15.0 Å². The van der Waals surface area contributed by atoms with Gasteiger partial charge in [0.15, 0.2) is 11.5 Å². The number of methoxy groups -OCH3 is 2. The number of hydrogen-bond donors (Lipinski definition) is 1. The fourth-order valence-corrected chi connectivity index (χ4v) is 6.22. The highest BCUT2D eigenvalue weighted by Crippen LogP contribution is 2.39. The second kappa shape index (κ2) is 9.41. The van der Waals surface area contributed by atoms with Crippen LogP contribution < -0.4 is 14.8 Å². The minimum absolute atomic E-state index is 0.0172. The first-order valence-electron chi connectivity index (χ1n) is 9.98. The third-order valence-electron chi connectivity index (χ3n) is 5.21. The van der Waals surface area contributed by atoms with E-state index in [4.69, 9.17) is 9.47 Å². The first-order valence-corrected chi connectivity index (χ1v) is 12.2. The molecule has 0 spiro atoms. The summed E-state index contributed by atoms with van der Waals surface area (Å²) in [6, 6.07) is 9.63. The summed E-state index contributed by atoms with van der Waals surface area (Å²) in [5, 5.41) is 10.8. The highest BCUT2D eigenvalue weighted by atomic mass is 32.2. The van der Waals surface area contributed by atoms with Gasteiger partial charge in [0, 0.05) is 12.6 Å². The Morgan fingerprint density at radius 1 is 1.15 bits per heavy atom. The van der Waals surface area contributed by atoms with Crippen LogP contribution in [0.2, 0.25) is 0 Å². The molecule has 1 amide bonds. The van der Waals surface area contributed by atoms with Gasteiger partial charge >= 0.3 is 0 Å². The van der Waals surface area contributed by atoms with Crippen molar-refractivity contribution in [1.29, 1.82) is 0 Å². The van der Waals surface area contributed by atoms with Crippen LogP contribution >= 0.6 is 11.3 Å². The molecule has 1 aliphatic heterocycles. The second-order valence-corrected chi connectivity index (χ2v) is 10.1. The van der Waals surface area contributed by atoms with E-state index in [2.05, 4.69) is 15.5 Å². The molecule has 1 aromatic heterocycles. The lowest BCUT2D eigenvalue weighted by Crippen LogP contribution is -2.30. The van der Waals surface area contributed by atoms with Gasteiger partial charge in [-0.1, -0.05) is 23.5 Å². The Morgan fingerprint density at radius 3 is 2.64 bits per heavy atom. The van der Waals surface area contributed by atoms with Crippen molar-refractivity contribution in [2.75, 3.05) is 26.1 Å². The number of carbonyl (C=O) groups excluding carboxylic acids is 1. The average molecular weight is 493 g/mol. The number of ether oxygens (including phenoxy) is 2. The van der Waals surface area contributed by atoms with Crippen LogP contribution in [-0.2, 0) is 10.0 Å². The standard InChI is InChI=1S/C21H21FN4O5S2/c1-30-17-10-9-13(12-18(17)31-2)33(28,29)26-11-5-8-16(26)20-24-25-21(32-20)19(27)23-15-7-4-3-6-14(15)22/h3-4,6-7,9-10,12,16H,5,8,11H2,1-2H3,(H,23,27)/t16-/m1/s1. The Morgan fingerprint density at radius 2 is 1.91 bits per heavy atom. The number of amides is 1. The summed E-state index contributed by atoms with van der Waals surface area (Å²) in [4.78, 5) is 12.6. The lowest BCUT2D eigenvalue weighted by atomic mass is 10.2.